The van der Waals surface area contributed by atoms with Crippen LogP contribution in [0.2, 0.25) is 0 Å². The van der Waals surface area contributed by atoms with Crippen molar-refractivity contribution < 1.29 is 14.8 Å². The van der Waals surface area contributed by atoms with Crippen LogP contribution in [0.4, 0.5) is 5.69 Å². The number of benzene rings is 1. The summed E-state index contributed by atoms with van der Waals surface area (Å²) in [5, 5.41) is 22.5. The van der Waals surface area contributed by atoms with Crippen molar-refractivity contribution in [1.82, 2.24) is 5.32 Å². The molecule has 0 saturated carbocycles. The summed E-state index contributed by atoms with van der Waals surface area (Å²) in [6.45, 7) is -0.0768. The molecule has 0 aliphatic heterocycles. The fourth-order valence-electron chi connectivity index (χ4n) is 1.21. The molecular formula is C10H10Cl2N2O4. The molecule has 1 unspecified atom stereocenters. The Bertz CT molecular complexity index is 436. The maximum atomic E-state index is 11.0. The van der Waals surface area contributed by atoms with Crippen LogP contribution in [0, 0.1) is 10.1 Å². The number of nitrogens with zero attached hydrogens (tertiary/aromatic N) is 1. The lowest BCUT2D eigenvalue weighted by molar-refractivity contribution is -0.384. The van der Waals surface area contributed by atoms with E-state index in [0.717, 1.165) is 0 Å². The first-order valence-electron chi connectivity index (χ1n) is 4.90. The SMILES string of the molecule is O=C(NCC(O)c1ccc([N+](=O)[O-])cc1)C(Cl)Cl. The van der Waals surface area contributed by atoms with Crippen LogP contribution >= 0.6 is 23.2 Å². The van der Waals surface area contributed by atoms with Crippen LogP contribution in [0.15, 0.2) is 24.3 Å². The zero-order chi connectivity index (χ0) is 13.7. The monoisotopic (exact) mass is 292 g/mol. The first-order valence-corrected chi connectivity index (χ1v) is 5.77. The number of non-ortho nitro benzene ring substituents is 1. The zero-order valence-electron chi connectivity index (χ0n) is 9.05. The van der Waals surface area contributed by atoms with Crippen molar-refractivity contribution in [3.05, 3.63) is 39.9 Å². The van der Waals surface area contributed by atoms with E-state index < -0.39 is 21.8 Å². The topological polar surface area (TPSA) is 92.5 Å². The molecule has 1 rings (SSSR count). The van der Waals surface area contributed by atoms with Gasteiger partial charge in [-0.2, -0.15) is 0 Å². The Hall–Kier alpha value is -1.37. The van der Waals surface area contributed by atoms with Crippen LogP contribution in [-0.2, 0) is 4.79 Å². The Balaban J connectivity index is 2.59. The zero-order valence-corrected chi connectivity index (χ0v) is 10.6. The lowest BCUT2D eigenvalue weighted by Crippen LogP contribution is -2.32. The molecule has 0 saturated heterocycles. The molecule has 0 bridgehead atoms. The molecule has 98 valence electrons. The number of carbonyl (C=O) groups is 1. The standard InChI is InChI=1S/C10H10Cl2N2O4/c11-9(12)10(16)13-5-8(15)6-1-3-7(4-2-6)14(17)18/h1-4,8-9,15H,5H2,(H,13,16). The Morgan fingerprint density at radius 3 is 2.39 bits per heavy atom. The van der Waals surface area contributed by atoms with Gasteiger partial charge in [-0.15, -0.1) is 0 Å². The summed E-state index contributed by atoms with van der Waals surface area (Å²) in [7, 11) is 0. The molecule has 0 aliphatic carbocycles. The van der Waals surface area contributed by atoms with E-state index in [1.165, 1.54) is 24.3 Å². The van der Waals surface area contributed by atoms with E-state index >= 15 is 0 Å². The number of rotatable bonds is 5. The number of hydrogen-bond donors (Lipinski definition) is 2. The van der Waals surface area contributed by atoms with Crippen LogP contribution in [0.3, 0.4) is 0 Å². The minimum absolute atomic E-state index is 0.0726. The number of aliphatic hydroxyl groups is 1. The van der Waals surface area contributed by atoms with Crippen LogP contribution in [0.1, 0.15) is 11.7 Å². The molecule has 18 heavy (non-hydrogen) atoms. The minimum Gasteiger partial charge on any atom is -0.387 e. The van der Waals surface area contributed by atoms with Gasteiger partial charge in [0, 0.05) is 18.7 Å². The third-order valence-corrected chi connectivity index (χ3v) is 2.55. The largest absolute Gasteiger partial charge is 0.387 e. The van der Waals surface area contributed by atoms with Crippen molar-refractivity contribution in [2.45, 2.75) is 10.9 Å². The number of nitrogens with one attached hydrogen (secondary N) is 1. The lowest BCUT2D eigenvalue weighted by atomic mass is 10.1. The number of amides is 1. The number of halogens is 2. The second-order valence-corrected chi connectivity index (χ2v) is 4.51. The van der Waals surface area contributed by atoms with E-state index in [1.54, 1.807) is 0 Å². The molecular weight excluding hydrogens is 283 g/mol. The molecule has 1 aromatic carbocycles. The number of carbonyl (C=O) groups excluding carboxylic acids is 1. The number of alkyl halides is 2. The number of hydrogen-bond acceptors (Lipinski definition) is 4. The summed E-state index contributed by atoms with van der Waals surface area (Å²) in [6, 6.07) is 5.36. The van der Waals surface area contributed by atoms with E-state index in [1.807, 2.05) is 0 Å². The maximum Gasteiger partial charge on any atom is 0.269 e. The molecule has 8 heteroatoms. The van der Waals surface area contributed by atoms with Gasteiger partial charge in [-0.05, 0) is 17.7 Å². The summed E-state index contributed by atoms with van der Waals surface area (Å²) >= 11 is 10.6. The predicted octanol–water partition coefficient (Wildman–Crippen LogP) is 1.55. The van der Waals surface area contributed by atoms with Gasteiger partial charge >= 0.3 is 0 Å². The van der Waals surface area contributed by atoms with Gasteiger partial charge in [-0.25, -0.2) is 0 Å². The second kappa shape index (κ2) is 6.53. The van der Waals surface area contributed by atoms with Crippen molar-refractivity contribution in [3.8, 4) is 0 Å². The third kappa shape index (κ3) is 4.14. The van der Waals surface area contributed by atoms with Gasteiger partial charge in [0.2, 0.25) is 0 Å². The average molecular weight is 293 g/mol. The Morgan fingerprint density at radius 1 is 1.39 bits per heavy atom. The fraction of sp³-hybridized carbons (Fsp3) is 0.300. The molecule has 1 atom stereocenters. The van der Waals surface area contributed by atoms with E-state index in [4.69, 9.17) is 23.2 Å². The van der Waals surface area contributed by atoms with Gasteiger partial charge in [0.25, 0.3) is 11.6 Å². The van der Waals surface area contributed by atoms with Crippen molar-refractivity contribution >= 4 is 34.8 Å². The molecule has 0 heterocycles. The summed E-state index contributed by atoms with van der Waals surface area (Å²) in [5.41, 5.74) is 0.373. The van der Waals surface area contributed by atoms with Crippen LogP contribution in [0.5, 0.6) is 0 Å². The smallest absolute Gasteiger partial charge is 0.269 e. The van der Waals surface area contributed by atoms with Gasteiger partial charge < -0.3 is 10.4 Å². The highest BCUT2D eigenvalue weighted by atomic mass is 35.5. The Morgan fingerprint density at radius 2 is 1.94 bits per heavy atom. The molecule has 0 spiro atoms. The first kappa shape index (κ1) is 14.7. The molecule has 1 aromatic rings. The molecule has 6 nitrogen and oxygen atoms in total. The highest BCUT2D eigenvalue weighted by Crippen LogP contribution is 2.17. The lowest BCUT2D eigenvalue weighted by Gasteiger charge is -2.12. The maximum absolute atomic E-state index is 11.0. The number of nitro groups is 1. The van der Waals surface area contributed by atoms with Crippen molar-refractivity contribution in [3.63, 3.8) is 0 Å². The van der Waals surface area contributed by atoms with Crippen LogP contribution < -0.4 is 5.32 Å². The van der Waals surface area contributed by atoms with Crippen molar-refractivity contribution in [2.75, 3.05) is 6.54 Å². The van der Waals surface area contributed by atoms with E-state index in [-0.39, 0.29) is 12.2 Å². The molecule has 0 radical (unpaired) electrons. The summed E-state index contributed by atoms with van der Waals surface area (Å²) in [6.07, 6.45) is -0.984. The number of aliphatic hydroxyl groups excluding tert-OH is 1. The molecule has 0 fully saturated rings. The third-order valence-electron chi connectivity index (χ3n) is 2.16. The van der Waals surface area contributed by atoms with Crippen molar-refractivity contribution in [1.29, 1.82) is 0 Å². The first-order chi connectivity index (χ1) is 8.41. The van der Waals surface area contributed by atoms with Gasteiger partial charge in [0.05, 0.1) is 11.0 Å². The highest BCUT2D eigenvalue weighted by Gasteiger charge is 2.14. The molecule has 0 aromatic heterocycles. The van der Waals surface area contributed by atoms with Crippen molar-refractivity contribution in [2.24, 2.45) is 0 Å². The fourth-order valence-corrected chi connectivity index (χ4v) is 1.36. The molecule has 1 amide bonds. The summed E-state index contributed by atoms with van der Waals surface area (Å²) in [5.74, 6) is -0.612. The minimum atomic E-state index is -1.20. The normalized spacial score (nSPS) is 12.2. The van der Waals surface area contributed by atoms with Gasteiger partial charge in [0.1, 0.15) is 0 Å². The number of nitro benzene ring substituents is 1. The van der Waals surface area contributed by atoms with Crippen LogP contribution in [0.25, 0.3) is 0 Å². The van der Waals surface area contributed by atoms with Crippen LogP contribution in [-0.4, -0.2) is 27.3 Å². The van der Waals surface area contributed by atoms with E-state index in [0.29, 0.717) is 5.56 Å². The highest BCUT2D eigenvalue weighted by molar-refractivity contribution is 6.53. The van der Waals surface area contributed by atoms with Gasteiger partial charge in [-0.3, -0.25) is 14.9 Å². The van der Waals surface area contributed by atoms with E-state index in [2.05, 4.69) is 5.32 Å². The van der Waals surface area contributed by atoms with Gasteiger partial charge in [0.15, 0.2) is 4.84 Å². The van der Waals surface area contributed by atoms with E-state index in [9.17, 15) is 20.0 Å². The molecule has 0 aliphatic rings. The second-order valence-electron chi connectivity index (χ2n) is 3.41. The summed E-state index contributed by atoms with van der Waals surface area (Å²) < 4.78 is 0. The average Bonchev–Trinajstić information content (AvgIpc) is 2.35. The summed E-state index contributed by atoms with van der Waals surface area (Å²) in [4.78, 5) is 19.7. The Labute approximate surface area is 113 Å². The predicted molar refractivity (Wildman–Crippen MR) is 66.6 cm³/mol. The Kier molecular flexibility index (Phi) is 5.33. The van der Waals surface area contributed by atoms with Gasteiger partial charge in [-0.1, -0.05) is 23.2 Å². The molecule has 2 N–H and O–H groups in total. The quantitative estimate of drug-likeness (QED) is 0.489.